The summed E-state index contributed by atoms with van der Waals surface area (Å²) in [6, 6.07) is 14.5. The maximum Gasteiger partial charge on any atom is 0.242 e. The molecule has 0 fully saturated rings. The summed E-state index contributed by atoms with van der Waals surface area (Å²) >= 11 is 0. The van der Waals surface area contributed by atoms with Crippen molar-refractivity contribution in [3.63, 3.8) is 0 Å². The van der Waals surface area contributed by atoms with Gasteiger partial charge in [-0.2, -0.15) is 0 Å². The van der Waals surface area contributed by atoms with Gasteiger partial charge in [-0.3, -0.25) is 13.9 Å². The molecule has 0 aliphatic carbocycles. The Morgan fingerprint density at radius 1 is 1.03 bits per heavy atom. The average molecular weight is 460 g/mol. The molecule has 0 saturated heterocycles. The third-order valence-corrected chi connectivity index (χ3v) is 6.45. The summed E-state index contributed by atoms with van der Waals surface area (Å²) in [4.78, 5) is 26.8. The second-order valence-electron chi connectivity index (χ2n) is 8.08. The molecule has 174 valence electrons. The monoisotopic (exact) mass is 459 g/mol. The van der Waals surface area contributed by atoms with Crippen molar-refractivity contribution in [3.8, 4) is 0 Å². The summed E-state index contributed by atoms with van der Waals surface area (Å²) in [6.45, 7) is 6.02. The molecule has 0 heterocycles. The predicted octanol–water partition coefficient (Wildman–Crippen LogP) is 3.01. The number of hydrogen-bond acceptors (Lipinski definition) is 4. The molecule has 1 N–H and O–H groups in total. The largest absolute Gasteiger partial charge is 0.357 e. The molecule has 7 nitrogen and oxygen atoms in total. The van der Waals surface area contributed by atoms with Crippen molar-refractivity contribution < 1.29 is 18.0 Å². The lowest BCUT2D eigenvalue weighted by molar-refractivity contribution is -0.140. The van der Waals surface area contributed by atoms with Gasteiger partial charge in [-0.1, -0.05) is 36.4 Å². The van der Waals surface area contributed by atoms with E-state index >= 15 is 0 Å². The second kappa shape index (κ2) is 11.1. The van der Waals surface area contributed by atoms with Gasteiger partial charge in [0.05, 0.1) is 11.9 Å². The minimum Gasteiger partial charge on any atom is -0.357 e. The van der Waals surface area contributed by atoms with Crippen molar-refractivity contribution in [2.75, 3.05) is 24.2 Å². The molecule has 2 rings (SSSR count). The zero-order chi connectivity index (χ0) is 23.9. The average Bonchev–Trinajstić information content (AvgIpc) is 2.72. The van der Waals surface area contributed by atoms with Gasteiger partial charge in [-0.15, -0.1) is 0 Å². The van der Waals surface area contributed by atoms with Crippen LogP contribution in [0.4, 0.5) is 5.69 Å². The van der Waals surface area contributed by atoms with Crippen LogP contribution in [0.3, 0.4) is 0 Å². The summed E-state index contributed by atoms with van der Waals surface area (Å²) in [5.41, 5.74) is 3.46. The number of carbonyl (C=O) groups excluding carboxylic acids is 2. The first-order valence-electron chi connectivity index (χ1n) is 10.6. The number of sulfonamides is 1. The van der Waals surface area contributed by atoms with Gasteiger partial charge in [0.15, 0.2) is 0 Å². The Kier molecular flexibility index (Phi) is 8.83. The van der Waals surface area contributed by atoms with Gasteiger partial charge in [0.1, 0.15) is 6.04 Å². The Balaban J connectivity index is 2.15. The third-order valence-electron chi connectivity index (χ3n) is 5.26. The van der Waals surface area contributed by atoms with Crippen LogP contribution in [0.1, 0.15) is 36.5 Å². The maximum absolute atomic E-state index is 13.1. The minimum absolute atomic E-state index is 0.130. The number of hydrogen-bond donors (Lipinski definition) is 1. The fourth-order valence-electron chi connectivity index (χ4n) is 3.67. The number of amides is 2. The number of nitrogens with one attached hydrogen (secondary N) is 1. The number of aryl methyl sites for hydroxylation is 2. The smallest absolute Gasteiger partial charge is 0.242 e. The highest BCUT2D eigenvalue weighted by Crippen LogP contribution is 2.22. The first-order valence-corrected chi connectivity index (χ1v) is 12.5. The molecule has 0 radical (unpaired) electrons. The molecule has 2 amide bonds. The summed E-state index contributed by atoms with van der Waals surface area (Å²) < 4.78 is 26.2. The molecule has 0 aliphatic rings. The van der Waals surface area contributed by atoms with E-state index in [-0.39, 0.29) is 24.8 Å². The molecule has 1 atom stereocenters. The van der Waals surface area contributed by atoms with Crippen LogP contribution < -0.4 is 9.62 Å². The molecule has 32 heavy (non-hydrogen) atoms. The van der Waals surface area contributed by atoms with E-state index < -0.39 is 16.1 Å². The normalized spacial score (nSPS) is 12.2. The van der Waals surface area contributed by atoms with Gasteiger partial charge >= 0.3 is 0 Å². The van der Waals surface area contributed by atoms with E-state index in [9.17, 15) is 18.0 Å². The third kappa shape index (κ3) is 7.09. The highest BCUT2D eigenvalue weighted by atomic mass is 32.2. The van der Waals surface area contributed by atoms with Crippen molar-refractivity contribution in [2.45, 2.75) is 46.2 Å². The first-order chi connectivity index (χ1) is 15.0. The van der Waals surface area contributed by atoms with Crippen molar-refractivity contribution in [1.82, 2.24) is 10.2 Å². The van der Waals surface area contributed by atoms with Gasteiger partial charge in [-0.05, 0) is 56.0 Å². The Hall–Kier alpha value is -2.87. The van der Waals surface area contributed by atoms with E-state index in [0.717, 1.165) is 16.7 Å². The van der Waals surface area contributed by atoms with Gasteiger partial charge in [0, 0.05) is 26.6 Å². The molecule has 8 heteroatoms. The van der Waals surface area contributed by atoms with Gasteiger partial charge in [0.25, 0.3) is 0 Å². The van der Waals surface area contributed by atoms with Crippen LogP contribution in [0.15, 0.2) is 48.5 Å². The first kappa shape index (κ1) is 25.4. The minimum atomic E-state index is -3.51. The summed E-state index contributed by atoms with van der Waals surface area (Å²) in [5, 5.41) is 2.59. The number of benzene rings is 2. The van der Waals surface area contributed by atoms with E-state index in [1.54, 1.807) is 6.92 Å². The van der Waals surface area contributed by atoms with Crippen molar-refractivity contribution in [2.24, 2.45) is 0 Å². The SMILES string of the molecule is CNC(=O)[C@@H](C)N(Cc1ccccc1)C(=O)CCCN(c1cc(C)cc(C)c1)S(C)(=O)=O. The van der Waals surface area contributed by atoms with Crippen LogP contribution in [0.25, 0.3) is 0 Å². The number of nitrogens with zero attached hydrogens (tertiary/aromatic N) is 2. The number of likely N-dealkylation sites (N-methyl/N-ethyl adjacent to an activating group) is 1. The lowest BCUT2D eigenvalue weighted by Crippen LogP contribution is -2.46. The Morgan fingerprint density at radius 3 is 2.16 bits per heavy atom. The molecule has 2 aromatic carbocycles. The van der Waals surface area contributed by atoms with Crippen molar-refractivity contribution >= 4 is 27.5 Å². The highest BCUT2D eigenvalue weighted by Gasteiger charge is 2.26. The quantitative estimate of drug-likeness (QED) is 0.592. The molecule has 0 aromatic heterocycles. The van der Waals surface area contributed by atoms with Crippen LogP contribution in [0.5, 0.6) is 0 Å². The predicted molar refractivity (Wildman–Crippen MR) is 128 cm³/mol. The number of carbonyl (C=O) groups is 2. The van der Waals surface area contributed by atoms with Crippen LogP contribution in [0, 0.1) is 13.8 Å². The van der Waals surface area contributed by atoms with Gasteiger partial charge in [-0.25, -0.2) is 8.42 Å². The maximum atomic E-state index is 13.1. The molecule has 0 saturated carbocycles. The zero-order valence-electron chi connectivity index (χ0n) is 19.5. The van der Waals surface area contributed by atoms with E-state index in [4.69, 9.17) is 0 Å². The molecule has 0 spiro atoms. The van der Waals surface area contributed by atoms with Crippen molar-refractivity contribution in [3.05, 3.63) is 65.2 Å². The standard InChI is InChI=1S/C24H33N3O4S/c1-18-14-19(2)16-22(15-18)27(32(5,30)31)13-9-12-23(28)26(20(3)24(29)25-4)17-21-10-7-6-8-11-21/h6-8,10-11,14-16,20H,9,12-13,17H2,1-5H3,(H,25,29)/t20-/m1/s1. The molecule has 0 bridgehead atoms. The number of anilines is 1. The van der Waals surface area contributed by atoms with Crippen LogP contribution >= 0.6 is 0 Å². The summed E-state index contributed by atoms with van der Waals surface area (Å²) in [5.74, 6) is -0.443. The Labute approximate surface area is 191 Å². The highest BCUT2D eigenvalue weighted by molar-refractivity contribution is 7.92. The van der Waals surface area contributed by atoms with E-state index in [2.05, 4.69) is 5.32 Å². The summed E-state index contributed by atoms with van der Waals surface area (Å²) in [7, 11) is -1.97. The fraction of sp³-hybridized carbons (Fsp3) is 0.417. The van der Waals surface area contributed by atoms with Gasteiger partial charge < -0.3 is 10.2 Å². The lowest BCUT2D eigenvalue weighted by atomic mass is 10.1. The molecule has 0 aliphatic heterocycles. The van der Waals surface area contributed by atoms with Crippen LogP contribution in [0.2, 0.25) is 0 Å². The summed E-state index contributed by atoms with van der Waals surface area (Å²) in [6.07, 6.45) is 1.64. The Bertz CT molecular complexity index is 1020. The fourth-order valence-corrected chi connectivity index (χ4v) is 4.62. The number of rotatable bonds is 10. The second-order valence-corrected chi connectivity index (χ2v) is 9.99. The molecular formula is C24H33N3O4S. The van der Waals surface area contributed by atoms with E-state index in [1.165, 1.54) is 22.5 Å². The lowest BCUT2D eigenvalue weighted by Gasteiger charge is -2.29. The molecular weight excluding hydrogens is 426 g/mol. The molecule has 0 unspecified atom stereocenters. The molecule has 2 aromatic rings. The van der Waals surface area contributed by atoms with E-state index in [1.807, 2.05) is 62.4 Å². The van der Waals surface area contributed by atoms with Crippen LogP contribution in [-0.2, 0) is 26.2 Å². The zero-order valence-corrected chi connectivity index (χ0v) is 20.3. The Morgan fingerprint density at radius 2 is 1.62 bits per heavy atom. The topological polar surface area (TPSA) is 86.8 Å². The van der Waals surface area contributed by atoms with E-state index in [0.29, 0.717) is 18.7 Å². The van der Waals surface area contributed by atoms with Gasteiger partial charge in [0.2, 0.25) is 21.8 Å². The van der Waals surface area contributed by atoms with Crippen LogP contribution in [-0.4, -0.2) is 51.0 Å². The van der Waals surface area contributed by atoms with Crippen molar-refractivity contribution in [1.29, 1.82) is 0 Å².